The Balaban J connectivity index is -0.0000000629. The highest BCUT2D eigenvalue weighted by atomic mass is 32.1. The molecule has 0 saturated carbocycles. The van der Waals surface area contributed by atoms with Gasteiger partial charge in [0.25, 0.3) is 0 Å². The molecule has 0 fully saturated rings. The largest absolute Gasteiger partial charge is 0.473 e. The van der Waals surface area contributed by atoms with Crippen LogP contribution in [0, 0.1) is 0 Å². The predicted molar refractivity (Wildman–Crippen MR) is 437 cm³/mol. The highest BCUT2D eigenvalue weighted by molar-refractivity contribution is 7.08. The molecule has 0 unspecified atom stereocenters. The van der Waals surface area contributed by atoms with E-state index in [0.29, 0.717) is 0 Å². The van der Waals surface area contributed by atoms with Crippen molar-refractivity contribution >= 4 is 81.9 Å². The summed E-state index contributed by atoms with van der Waals surface area (Å²) in [6.45, 7) is 56.9. The monoisotopic (exact) mass is 1460 g/mol. The fourth-order valence-electron chi connectivity index (χ4n) is 2.94. The van der Waals surface area contributed by atoms with Crippen LogP contribution in [0.4, 0.5) is 0 Å². The minimum atomic E-state index is 0.889. The molecule has 0 aromatic carbocycles. The molecule has 21 nitrogen and oxygen atoms in total. The van der Waals surface area contributed by atoms with E-state index in [1.165, 1.54) is 85.2 Å². The smallest absolute Gasteiger partial charge is 0.213 e. The van der Waals surface area contributed by atoms with E-state index >= 15 is 0 Å². The first kappa shape index (κ1) is 123. The van der Waals surface area contributed by atoms with Gasteiger partial charge in [0.15, 0.2) is 12.7 Å². The molecule has 13 heterocycles. The van der Waals surface area contributed by atoms with Gasteiger partial charge in [-0.3, -0.25) is 15.0 Å². The molecule has 4 aliphatic rings. The van der Waals surface area contributed by atoms with Crippen molar-refractivity contribution in [2.24, 2.45) is 20.2 Å². The van der Waals surface area contributed by atoms with Gasteiger partial charge < -0.3 is 22.3 Å². The second kappa shape index (κ2) is 179. The lowest BCUT2D eigenvalue weighted by Crippen LogP contribution is -1.60. The van der Waals surface area contributed by atoms with Crippen molar-refractivity contribution in [3.8, 4) is 0 Å². The van der Waals surface area contributed by atoms with Gasteiger partial charge in [-0.05, 0) is 70.6 Å². The molecule has 1 aliphatic carbocycles. The third kappa shape index (κ3) is 173. The first-order valence-corrected chi connectivity index (χ1v) is 38.2. The summed E-state index contributed by atoms with van der Waals surface area (Å²) < 4.78 is 29.4. The zero-order chi connectivity index (χ0) is 77.5. The molecule has 3 aliphatic heterocycles. The summed E-state index contributed by atoms with van der Waals surface area (Å²) in [6, 6.07) is 11.3. The van der Waals surface area contributed by atoms with Crippen molar-refractivity contribution in [3.63, 3.8) is 0 Å². The number of thiophene rings is 1. The molecule has 0 spiro atoms. The van der Waals surface area contributed by atoms with Gasteiger partial charge in [0.05, 0.1) is 37.0 Å². The van der Waals surface area contributed by atoms with Crippen molar-refractivity contribution < 1.29 is 22.3 Å². The highest BCUT2D eigenvalue weighted by Crippen LogP contribution is 1.94. The van der Waals surface area contributed by atoms with Crippen LogP contribution in [0.5, 0.6) is 0 Å². The number of aliphatic imine (C=N–C) groups is 2. The van der Waals surface area contributed by atoms with E-state index in [1.807, 2.05) is 270 Å². The minimum Gasteiger partial charge on any atom is -0.473 e. The molecule has 0 saturated heterocycles. The van der Waals surface area contributed by atoms with Crippen molar-refractivity contribution in [2.45, 2.75) is 213 Å². The fourth-order valence-corrected chi connectivity index (χ4v) is 4.64. The Morgan fingerprint density at radius 3 is 1.06 bits per heavy atom. The third-order valence-electron chi connectivity index (χ3n) is 5.54. The van der Waals surface area contributed by atoms with Gasteiger partial charge in [-0.1, -0.05) is 253 Å². The number of aromatic nitrogens is 12. The normalized spacial score (nSPS) is 8.53. The summed E-state index contributed by atoms with van der Waals surface area (Å²) in [5.41, 5.74) is 6.83. The zero-order valence-electron chi connectivity index (χ0n) is 65.2. The van der Waals surface area contributed by atoms with E-state index in [4.69, 9.17) is 0 Å². The molecule has 0 N–H and O–H groups in total. The molecule has 0 amide bonds. The summed E-state index contributed by atoms with van der Waals surface area (Å²) in [5, 5.41) is 35.2. The number of furan rings is 1. The van der Waals surface area contributed by atoms with Crippen molar-refractivity contribution in [1.82, 2.24) is 59.4 Å². The first-order chi connectivity index (χ1) is 49.0. The van der Waals surface area contributed by atoms with Crippen LogP contribution in [0.1, 0.15) is 213 Å². The van der Waals surface area contributed by atoms with Crippen molar-refractivity contribution in [1.29, 1.82) is 0 Å². The van der Waals surface area contributed by atoms with Crippen LogP contribution < -0.4 is 0 Å². The second-order valence-corrected chi connectivity index (χ2v) is 14.0. The molecule has 10 aromatic heterocycles. The number of hydrogen-bond donors (Lipinski definition) is 0. The Kier molecular flexibility index (Phi) is 225. The molecule has 0 atom stereocenters. The van der Waals surface area contributed by atoms with Gasteiger partial charge in [0, 0.05) is 67.1 Å². The van der Waals surface area contributed by atoms with Gasteiger partial charge in [0.1, 0.15) is 35.4 Å². The number of hydrogen-bond acceptors (Lipinski definition) is 26. The molecular formula is C72H132N16O5S5. The summed E-state index contributed by atoms with van der Waals surface area (Å²) in [5.74, 6) is 0. The quantitative estimate of drug-likeness (QED) is 0.136. The van der Waals surface area contributed by atoms with Gasteiger partial charge in [0.2, 0.25) is 19.2 Å². The van der Waals surface area contributed by atoms with Gasteiger partial charge in [-0.2, -0.15) is 25.9 Å². The molecule has 98 heavy (non-hydrogen) atoms. The number of thiazole rings is 1. The van der Waals surface area contributed by atoms with Crippen molar-refractivity contribution in [3.05, 3.63) is 217 Å². The third-order valence-corrected chi connectivity index (χ3v) is 8.08. The molecule has 26 heteroatoms. The minimum absolute atomic E-state index is 0.889. The Hall–Kier alpha value is -8.30. The fraction of sp³-hybridized carbons (Fsp3) is 0.444. The van der Waals surface area contributed by atoms with Crippen LogP contribution in [0.2, 0.25) is 0 Å². The van der Waals surface area contributed by atoms with Gasteiger partial charge >= 0.3 is 0 Å². The Bertz CT molecular complexity index is 1720. The lowest BCUT2D eigenvalue weighted by Gasteiger charge is -1.60. The predicted octanol–water partition coefficient (Wildman–Crippen LogP) is 25.8. The Morgan fingerprint density at radius 1 is 0.327 bits per heavy atom. The lowest BCUT2D eigenvalue weighted by atomic mass is 10.5. The number of oxazole rings is 1. The maximum atomic E-state index is 4.58. The topological polar surface area (TPSA) is 270 Å². The summed E-state index contributed by atoms with van der Waals surface area (Å²) >= 11 is 7.62. The van der Waals surface area contributed by atoms with Crippen LogP contribution in [0.25, 0.3) is 0 Å². The van der Waals surface area contributed by atoms with Gasteiger partial charge in [-0.15, -0.1) is 43.1 Å². The standard InChI is InChI=1S/C5H6.2C4H5N.C4H4O.C4H4S.C3H4N2.2C3H3NO.2C3H3NS.2C2H2N2O.2C2H2N2S.14C2H6/c6*1-2-4-5-3-1;1-2-5-3-4-1;1-2-4-5-3-1;1-2-5-3-4-1;1-2-4-5-3-1;1-3-4-2-5-1;1-3-2-5-4-1;1-3-4-2-5-1;1-3-2-5-4-1;14*1-2/h1-4H,5H2;1,3-4H,2H2;1-3H,4H2;2*1-4H;2-3H,1H2;4*1-3H;4*1-2H;14*1-2H3. The SMILES string of the molecule is C1=CCC=C1.C1=CCN=C1.C1=CN=CC1.C1=NN=CC1.CC.CC.CC.CC.CC.CC.CC.CC.CC.CC.CC.CC.CC.CC.c1ccoc1.c1ccsc1.c1cnoc1.c1cnsc1.c1cocn1.c1cscn1.c1ncon1.c1ncsn1.c1nnco1.c1nncs1. The molecule has 0 bridgehead atoms. The average molecular weight is 1460 g/mol. The highest BCUT2D eigenvalue weighted by Gasteiger charge is 1.76. The number of allylic oxidation sites excluding steroid dienone is 6. The van der Waals surface area contributed by atoms with E-state index in [2.05, 4.69) is 126 Å². The second-order valence-electron chi connectivity index (χ2n) is 10.5. The van der Waals surface area contributed by atoms with E-state index in [-0.39, 0.29) is 0 Å². The van der Waals surface area contributed by atoms with E-state index < -0.39 is 0 Å². The summed E-state index contributed by atoms with van der Waals surface area (Å²) in [4.78, 5) is 22.0. The van der Waals surface area contributed by atoms with Crippen LogP contribution >= 0.6 is 57.1 Å². The Labute approximate surface area is 616 Å². The number of rotatable bonds is 0. The first-order valence-electron chi connectivity index (χ1n) is 33.7. The molecular weight excluding hydrogens is 1330 g/mol. The van der Waals surface area contributed by atoms with E-state index in [1.54, 1.807) is 113 Å². The number of nitrogens with zero attached hydrogens (tertiary/aromatic N) is 16. The lowest BCUT2D eigenvalue weighted by molar-refractivity contribution is 0.416. The summed E-state index contributed by atoms with van der Waals surface area (Å²) in [7, 11) is 0. The molecule has 0 radical (unpaired) electrons. The van der Waals surface area contributed by atoms with E-state index in [9.17, 15) is 0 Å². The molecule has 560 valence electrons. The van der Waals surface area contributed by atoms with Gasteiger partial charge in [-0.25, -0.2) is 19.3 Å². The van der Waals surface area contributed by atoms with Crippen LogP contribution in [-0.4, -0.2) is 90.8 Å². The van der Waals surface area contributed by atoms with Crippen LogP contribution in [0.15, 0.2) is 259 Å². The average Bonchev–Trinajstić information content (AvgIpc) is 4.54. The van der Waals surface area contributed by atoms with Crippen LogP contribution in [-0.2, 0) is 0 Å². The Morgan fingerprint density at radius 2 is 0.918 bits per heavy atom. The van der Waals surface area contributed by atoms with Crippen LogP contribution in [0.3, 0.4) is 0 Å². The van der Waals surface area contributed by atoms with E-state index in [0.717, 1.165) is 25.8 Å². The zero-order valence-corrected chi connectivity index (χ0v) is 69.2. The molecule has 10 aromatic rings. The summed E-state index contributed by atoms with van der Waals surface area (Å²) in [6.07, 6.45) is 47.4. The maximum Gasteiger partial charge on any atom is 0.213 e. The molecule has 14 rings (SSSR count). The maximum absolute atomic E-state index is 4.58. The van der Waals surface area contributed by atoms with Crippen molar-refractivity contribution in [2.75, 3.05) is 6.54 Å².